The van der Waals surface area contributed by atoms with Crippen LogP contribution in [0.1, 0.15) is 27.2 Å². The molecule has 2 aromatic rings. The zero-order valence-electron chi connectivity index (χ0n) is 15.0. The number of hydrogen-bond donors (Lipinski definition) is 0. The van der Waals surface area contributed by atoms with Crippen molar-refractivity contribution in [1.82, 2.24) is 0 Å². The van der Waals surface area contributed by atoms with Gasteiger partial charge in [0.05, 0.1) is 0 Å². The van der Waals surface area contributed by atoms with Gasteiger partial charge in [-0.3, -0.25) is 0 Å². The molecule has 0 spiro atoms. The number of benzene rings is 2. The molecule has 0 saturated heterocycles. The highest BCUT2D eigenvalue weighted by Gasteiger charge is 2.40. The average molecular weight is 332 g/mol. The summed E-state index contributed by atoms with van der Waals surface area (Å²) in [5, 5.41) is 2.24. The van der Waals surface area contributed by atoms with Gasteiger partial charge in [-0.15, -0.1) is 0 Å². The second-order valence-corrected chi connectivity index (χ2v) is 7.71. The maximum absolute atomic E-state index is 12.8. The zero-order chi connectivity index (χ0) is 17.6. The number of allylic oxidation sites excluding steroid dienone is 3. The van der Waals surface area contributed by atoms with Crippen LogP contribution >= 0.6 is 0 Å². The predicted octanol–water partition coefficient (Wildman–Crippen LogP) is 5.54. The van der Waals surface area contributed by atoms with E-state index in [1.54, 1.807) is 0 Å². The SMILES string of the molecule is CC1=CC2C(C(=O)Oc3ccc4ccccc4c3)=C[C@@H]1C[C@@H]2C(C)C. The van der Waals surface area contributed by atoms with Crippen LogP contribution in [0.3, 0.4) is 0 Å². The maximum atomic E-state index is 12.8. The van der Waals surface area contributed by atoms with Gasteiger partial charge < -0.3 is 4.74 Å². The fourth-order valence-corrected chi connectivity index (χ4v) is 4.29. The first-order valence-electron chi connectivity index (χ1n) is 9.14. The first kappa shape index (κ1) is 16.1. The van der Waals surface area contributed by atoms with Crippen LogP contribution in [0.25, 0.3) is 10.8 Å². The molecule has 3 aliphatic carbocycles. The summed E-state index contributed by atoms with van der Waals surface area (Å²) in [7, 11) is 0. The van der Waals surface area contributed by atoms with Gasteiger partial charge in [0, 0.05) is 11.5 Å². The van der Waals surface area contributed by atoms with Crippen LogP contribution in [0.15, 0.2) is 65.8 Å². The lowest BCUT2D eigenvalue weighted by Crippen LogP contribution is -2.36. The zero-order valence-corrected chi connectivity index (χ0v) is 15.0. The van der Waals surface area contributed by atoms with E-state index in [1.165, 1.54) is 5.57 Å². The lowest BCUT2D eigenvalue weighted by Gasteiger charge is -2.41. The minimum Gasteiger partial charge on any atom is -0.423 e. The van der Waals surface area contributed by atoms with Gasteiger partial charge in [0.2, 0.25) is 0 Å². The summed E-state index contributed by atoms with van der Waals surface area (Å²) in [5.41, 5.74) is 2.23. The Morgan fingerprint density at radius 1 is 1.08 bits per heavy atom. The minimum absolute atomic E-state index is 0.193. The van der Waals surface area contributed by atoms with E-state index < -0.39 is 0 Å². The first-order chi connectivity index (χ1) is 12.0. The van der Waals surface area contributed by atoms with E-state index in [1.807, 2.05) is 36.4 Å². The van der Waals surface area contributed by atoms with Crippen LogP contribution in [-0.4, -0.2) is 5.97 Å². The fourth-order valence-electron chi connectivity index (χ4n) is 4.29. The van der Waals surface area contributed by atoms with E-state index in [0.717, 1.165) is 22.8 Å². The predicted molar refractivity (Wildman–Crippen MR) is 101 cm³/mol. The number of hydrogen-bond acceptors (Lipinski definition) is 2. The van der Waals surface area contributed by atoms with E-state index in [4.69, 9.17) is 4.74 Å². The third-order valence-corrected chi connectivity index (χ3v) is 5.78. The lowest BCUT2D eigenvalue weighted by atomic mass is 9.63. The van der Waals surface area contributed by atoms with E-state index in [2.05, 4.69) is 39.0 Å². The van der Waals surface area contributed by atoms with Crippen LogP contribution in [0.5, 0.6) is 5.75 Å². The normalized spacial score (nSPS) is 25.0. The molecule has 2 heteroatoms. The Bertz CT molecular complexity index is 888. The minimum atomic E-state index is -0.195. The number of rotatable bonds is 3. The van der Waals surface area contributed by atoms with Gasteiger partial charge >= 0.3 is 5.97 Å². The molecule has 0 fully saturated rings. The lowest BCUT2D eigenvalue weighted by molar-refractivity contribution is -0.131. The smallest absolute Gasteiger partial charge is 0.339 e. The highest BCUT2D eigenvalue weighted by atomic mass is 16.5. The first-order valence-corrected chi connectivity index (χ1v) is 9.14. The van der Waals surface area contributed by atoms with Gasteiger partial charge in [0.25, 0.3) is 0 Å². The van der Waals surface area contributed by atoms with Gasteiger partial charge in [0.15, 0.2) is 0 Å². The molecule has 25 heavy (non-hydrogen) atoms. The highest BCUT2D eigenvalue weighted by Crippen LogP contribution is 2.46. The summed E-state index contributed by atoms with van der Waals surface area (Å²) < 4.78 is 5.74. The van der Waals surface area contributed by atoms with Gasteiger partial charge in [-0.05, 0) is 54.0 Å². The molecule has 0 heterocycles. The molecule has 3 atom stereocenters. The summed E-state index contributed by atoms with van der Waals surface area (Å²) in [5.74, 6) is 2.09. The van der Waals surface area contributed by atoms with Crippen molar-refractivity contribution in [3.63, 3.8) is 0 Å². The molecule has 0 radical (unpaired) electrons. The largest absolute Gasteiger partial charge is 0.423 e. The molecule has 0 N–H and O–H groups in total. The number of esters is 1. The van der Waals surface area contributed by atoms with Gasteiger partial charge in [-0.25, -0.2) is 4.79 Å². The van der Waals surface area contributed by atoms with Crippen molar-refractivity contribution in [3.05, 3.63) is 65.8 Å². The quantitative estimate of drug-likeness (QED) is 0.419. The molecule has 0 aliphatic heterocycles. The summed E-state index contributed by atoms with van der Waals surface area (Å²) >= 11 is 0. The molecular weight excluding hydrogens is 308 g/mol. The van der Waals surface area contributed by atoms with Crippen LogP contribution in [0.2, 0.25) is 0 Å². The second kappa shape index (κ2) is 6.18. The molecule has 1 unspecified atom stereocenters. The number of carbonyl (C=O) groups is 1. The Morgan fingerprint density at radius 2 is 1.84 bits per heavy atom. The number of ether oxygens (including phenoxy) is 1. The van der Waals surface area contributed by atoms with Crippen LogP contribution in [0, 0.1) is 23.7 Å². The van der Waals surface area contributed by atoms with Crippen molar-refractivity contribution in [1.29, 1.82) is 0 Å². The maximum Gasteiger partial charge on any atom is 0.339 e. The van der Waals surface area contributed by atoms with Gasteiger partial charge in [0.1, 0.15) is 5.75 Å². The van der Waals surface area contributed by atoms with E-state index >= 15 is 0 Å². The summed E-state index contributed by atoms with van der Waals surface area (Å²) in [6.45, 7) is 6.68. The van der Waals surface area contributed by atoms with E-state index in [-0.39, 0.29) is 11.9 Å². The molecule has 3 aliphatic rings. The fraction of sp³-hybridized carbons (Fsp3) is 0.348. The van der Waals surface area contributed by atoms with Crippen molar-refractivity contribution >= 4 is 16.7 Å². The van der Waals surface area contributed by atoms with Crippen molar-refractivity contribution in [3.8, 4) is 5.75 Å². The summed E-state index contributed by atoms with van der Waals surface area (Å²) in [6, 6.07) is 13.9. The van der Waals surface area contributed by atoms with E-state index in [9.17, 15) is 4.79 Å². The third kappa shape index (κ3) is 2.90. The van der Waals surface area contributed by atoms with Gasteiger partial charge in [-0.2, -0.15) is 0 Å². The third-order valence-electron chi connectivity index (χ3n) is 5.78. The number of carbonyl (C=O) groups excluding carboxylic acids is 1. The topological polar surface area (TPSA) is 26.3 Å². The Hall–Kier alpha value is -2.35. The molecule has 0 saturated carbocycles. The molecule has 2 nitrogen and oxygen atoms in total. The van der Waals surface area contributed by atoms with Crippen molar-refractivity contribution < 1.29 is 9.53 Å². The van der Waals surface area contributed by atoms with Crippen LogP contribution < -0.4 is 4.74 Å². The Kier molecular flexibility index (Phi) is 3.99. The summed E-state index contributed by atoms with van der Waals surface area (Å²) in [4.78, 5) is 12.8. The molecule has 0 amide bonds. The molecule has 128 valence electrons. The van der Waals surface area contributed by atoms with Crippen LogP contribution in [0.4, 0.5) is 0 Å². The van der Waals surface area contributed by atoms with Crippen LogP contribution in [-0.2, 0) is 4.79 Å². The van der Waals surface area contributed by atoms with Crippen molar-refractivity contribution in [2.24, 2.45) is 23.7 Å². The average Bonchev–Trinajstić information content (AvgIpc) is 2.61. The standard InChI is InChI=1S/C23H24O2/c1-14(2)20-12-18-13-22(21(20)10-15(18)3)23(24)25-19-9-8-16-6-4-5-7-17(16)11-19/h4-11,13-14,18,20-21H,12H2,1-3H3/t18-,20+,21?/m0/s1. The Labute approximate surface area is 149 Å². The molecule has 2 aromatic carbocycles. The Balaban J connectivity index is 1.59. The monoisotopic (exact) mass is 332 g/mol. The highest BCUT2D eigenvalue weighted by molar-refractivity contribution is 5.93. The molecule has 2 bridgehead atoms. The summed E-state index contributed by atoms with van der Waals surface area (Å²) in [6.07, 6.45) is 5.58. The second-order valence-electron chi connectivity index (χ2n) is 7.71. The number of fused-ring (bicyclic) bond motifs is 2. The Morgan fingerprint density at radius 3 is 2.56 bits per heavy atom. The van der Waals surface area contributed by atoms with Crippen molar-refractivity contribution in [2.75, 3.05) is 0 Å². The molecule has 0 aromatic heterocycles. The van der Waals surface area contributed by atoms with E-state index in [0.29, 0.717) is 23.5 Å². The van der Waals surface area contributed by atoms with Gasteiger partial charge in [-0.1, -0.05) is 61.9 Å². The molecule has 5 rings (SSSR count). The van der Waals surface area contributed by atoms with Crippen molar-refractivity contribution in [2.45, 2.75) is 27.2 Å². The molecular formula is C23H24O2.